The monoisotopic (exact) mass is 281 g/mol. The van der Waals surface area contributed by atoms with E-state index in [1.165, 1.54) is 0 Å². The highest BCUT2D eigenvalue weighted by atomic mass is 16.5. The number of aryl methyl sites for hydroxylation is 1. The predicted octanol–water partition coefficient (Wildman–Crippen LogP) is 4.20. The molecule has 0 spiro atoms. The molecule has 3 nitrogen and oxygen atoms in total. The summed E-state index contributed by atoms with van der Waals surface area (Å²) in [7, 11) is 1.60. The second-order valence-corrected chi connectivity index (χ2v) is 4.86. The summed E-state index contributed by atoms with van der Waals surface area (Å²) in [5.74, 6) is 0.710. The number of carbonyl (C=O) groups is 1. The Bertz CT molecular complexity index is 657. The van der Waals surface area contributed by atoms with Gasteiger partial charge < -0.3 is 10.1 Å². The quantitative estimate of drug-likeness (QED) is 0.659. The first-order valence-corrected chi connectivity index (χ1v) is 6.79. The molecule has 2 aromatic rings. The summed E-state index contributed by atoms with van der Waals surface area (Å²) >= 11 is 0. The van der Waals surface area contributed by atoms with Crippen molar-refractivity contribution in [2.24, 2.45) is 0 Å². The van der Waals surface area contributed by atoms with E-state index in [-0.39, 0.29) is 5.78 Å². The molecule has 2 rings (SSSR count). The van der Waals surface area contributed by atoms with E-state index in [0.29, 0.717) is 5.56 Å². The van der Waals surface area contributed by atoms with Crippen molar-refractivity contribution in [1.82, 2.24) is 0 Å². The van der Waals surface area contributed by atoms with Crippen molar-refractivity contribution in [2.45, 2.75) is 13.8 Å². The Kier molecular flexibility index (Phi) is 4.77. The van der Waals surface area contributed by atoms with Crippen LogP contribution in [0.4, 0.5) is 5.69 Å². The molecule has 21 heavy (non-hydrogen) atoms. The Morgan fingerprint density at radius 2 is 1.76 bits per heavy atom. The van der Waals surface area contributed by atoms with Crippen molar-refractivity contribution < 1.29 is 9.53 Å². The molecule has 0 aliphatic rings. The number of hydrogen-bond donors (Lipinski definition) is 1. The molecule has 0 radical (unpaired) electrons. The number of carbonyl (C=O) groups excluding carboxylic acids is 1. The van der Waals surface area contributed by atoms with Gasteiger partial charge in [0.15, 0.2) is 5.78 Å². The normalized spacial score (nSPS) is 11.1. The Morgan fingerprint density at radius 3 is 2.38 bits per heavy atom. The van der Waals surface area contributed by atoms with Crippen LogP contribution in [0, 0.1) is 6.92 Å². The van der Waals surface area contributed by atoms with Gasteiger partial charge in [0.2, 0.25) is 0 Å². The third kappa shape index (κ3) is 3.96. The Morgan fingerprint density at radius 1 is 1.10 bits per heavy atom. The zero-order chi connectivity index (χ0) is 15.2. The lowest BCUT2D eigenvalue weighted by atomic mass is 10.1. The maximum Gasteiger partial charge on any atom is 0.187 e. The van der Waals surface area contributed by atoms with Crippen LogP contribution in [-0.4, -0.2) is 12.9 Å². The Balaban J connectivity index is 2.10. The minimum Gasteiger partial charge on any atom is -0.497 e. The van der Waals surface area contributed by atoms with Crippen LogP contribution in [-0.2, 0) is 0 Å². The number of ketones is 1. The maximum absolute atomic E-state index is 12.2. The van der Waals surface area contributed by atoms with Crippen LogP contribution >= 0.6 is 0 Å². The summed E-state index contributed by atoms with van der Waals surface area (Å²) in [6, 6.07) is 15.1. The van der Waals surface area contributed by atoms with Crippen LogP contribution in [0.2, 0.25) is 0 Å². The topological polar surface area (TPSA) is 38.3 Å². The number of ether oxygens (including phenoxy) is 1. The first-order valence-electron chi connectivity index (χ1n) is 6.79. The molecule has 2 aromatic carbocycles. The molecule has 0 aromatic heterocycles. The molecular formula is C18H19NO2. The van der Waals surface area contributed by atoms with Gasteiger partial charge in [-0.05, 0) is 49.7 Å². The molecule has 0 aliphatic carbocycles. The van der Waals surface area contributed by atoms with Crippen LogP contribution in [0.3, 0.4) is 0 Å². The van der Waals surface area contributed by atoms with E-state index < -0.39 is 0 Å². The van der Waals surface area contributed by atoms with Crippen molar-refractivity contribution in [3.05, 3.63) is 71.4 Å². The van der Waals surface area contributed by atoms with Gasteiger partial charge in [-0.2, -0.15) is 0 Å². The SMILES string of the molecule is COc1ccc(C(=O)/C=C(\C)Nc2ccccc2C)cc1. The van der Waals surface area contributed by atoms with Crippen LogP contribution < -0.4 is 10.1 Å². The zero-order valence-electron chi connectivity index (χ0n) is 12.5. The van der Waals surface area contributed by atoms with E-state index in [1.54, 1.807) is 37.5 Å². The molecule has 0 aliphatic heterocycles. The molecule has 0 bridgehead atoms. The Labute approximate surface area is 125 Å². The van der Waals surface area contributed by atoms with Crippen molar-refractivity contribution >= 4 is 11.5 Å². The van der Waals surface area contributed by atoms with Gasteiger partial charge in [-0.25, -0.2) is 0 Å². The molecule has 0 saturated carbocycles. The van der Waals surface area contributed by atoms with E-state index >= 15 is 0 Å². The van der Waals surface area contributed by atoms with E-state index in [4.69, 9.17) is 4.74 Å². The number of rotatable bonds is 5. The molecule has 108 valence electrons. The lowest BCUT2D eigenvalue weighted by Gasteiger charge is -2.09. The number of nitrogens with one attached hydrogen (secondary N) is 1. The lowest BCUT2D eigenvalue weighted by molar-refractivity contribution is 0.104. The first-order chi connectivity index (χ1) is 10.1. The minimum absolute atomic E-state index is 0.0313. The van der Waals surface area contributed by atoms with E-state index in [2.05, 4.69) is 5.32 Å². The van der Waals surface area contributed by atoms with Gasteiger partial charge in [-0.3, -0.25) is 4.79 Å². The molecule has 0 atom stereocenters. The van der Waals surface area contributed by atoms with Crippen LogP contribution in [0.1, 0.15) is 22.8 Å². The van der Waals surface area contributed by atoms with Crippen molar-refractivity contribution in [2.75, 3.05) is 12.4 Å². The third-order valence-corrected chi connectivity index (χ3v) is 3.20. The Hall–Kier alpha value is -2.55. The number of benzene rings is 2. The first kappa shape index (κ1) is 14.9. The summed E-state index contributed by atoms with van der Waals surface area (Å²) in [4.78, 5) is 12.2. The van der Waals surface area contributed by atoms with Crippen molar-refractivity contribution in [3.63, 3.8) is 0 Å². The summed E-state index contributed by atoms with van der Waals surface area (Å²) in [6.07, 6.45) is 1.61. The number of allylic oxidation sites excluding steroid dienone is 2. The van der Waals surface area contributed by atoms with Crippen molar-refractivity contribution in [1.29, 1.82) is 0 Å². The van der Waals surface area contributed by atoms with E-state index in [9.17, 15) is 4.79 Å². The van der Waals surface area contributed by atoms with E-state index in [0.717, 1.165) is 22.7 Å². The number of methoxy groups -OCH3 is 1. The fourth-order valence-corrected chi connectivity index (χ4v) is 2.00. The molecule has 0 saturated heterocycles. The van der Waals surface area contributed by atoms with E-state index in [1.807, 2.05) is 38.1 Å². The zero-order valence-corrected chi connectivity index (χ0v) is 12.5. The average molecular weight is 281 g/mol. The highest BCUT2D eigenvalue weighted by Crippen LogP contribution is 2.16. The fourth-order valence-electron chi connectivity index (χ4n) is 2.00. The smallest absolute Gasteiger partial charge is 0.187 e. The fraction of sp³-hybridized carbons (Fsp3) is 0.167. The van der Waals surface area contributed by atoms with Gasteiger partial charge in [-0.15, -0.1) is 0 Å². The molecule has 3 heteroatoms. The highest BCUT2D eigenvalue weighted by molar-refractivity contribution is 6.05. The molecule has 1 N–H and O–H groups in total. The molecule has 0 fully saturated rings. The second-order valence-electron chi connectivity index (χ2n) is 4.86. The van der Waals surface area contributed by atoms with Gasteiger partial charge in [0.1, 0.15) is 5.75 Å². The van der Waals surface area contributed by atoms with Gasteiger partial charge in [-0.1, -0.05) is 18.2 Å². The lowest BCUT2D eigenvalue weighted by Crippen LogP contribution is -2.02. The summed E-state index contributed by atoms with van der Waals surface area (Å²) in [5.41, 5.74) is 3.60. The van der Waals surface area contributed by atoms with Gasteiger partial charge in [0.05, 0.1) is 7.11 Å². The van der Waals surface area contributed by atoms with Crippen LogP contribution in [0.15, 0.2) is 60.3 Å². The van der Waals surface area contributed by atoms with Crippen LogP contribution in [0.5, 0.6) is 5.75 Å². The number of hydrogen-bond acceptors (Lipinski definition) is 3. The maximum atomic E-state index is 12.2. The van der Waals surface area contributed by atoms with Gasteiger partial charge in [0.25, 0.3) is 0 Å². The highest BCUT2D eigenvalue weighted by Gasteiger charge is 2.04. The van der Waals surface area contributed by atoms with Crippen LogP contribution in [0.25, 0.3) is 0 Å². The summed E-state index contributed by atoms with van der Waals surface area (Å²) < 4.78 is 5.08. The molecular weight excluding hydrogens is 262 g/mol. The molecule has 0 amide bonds. The van der Waals surface area contributed by atoms with Gasteiger partial charge >= 0.3 is 0 Å². The summed E-state index contributed by atoms with van der Waals surface area (Å²) in [5, 5.41) is 3.25. The number of anilines is 1. The summed E-state index contributed by atoms with van der Waals surface area (Å²) in [6.45, 7) is 3.91. The molecule has 0 unspecified atom stereocenters. The second kappa shape index (κ2) is 6.75. The standard InChI is InChI=1S/C18H19NO2/c1-13-6-4-5-7-17(13)19-14(2)12-18(20)15-8-10-16(21-3)11-9-15/h4-12,19H,1-3H3/b14-12+. The largest absolute Gasteiger partial charge is 0.497 e. The average Bonchev–Trinajstić information content (AvgIpc) is 2.49. The van der Waals surface area contributed by atoms with Gasteiger partial charge in [0, 0.05) is 23.0 Å². The molecule has 0 heterocycles. The minimum atomic E-state index is -0.0313. The number of para-hydroxylation sites is 1. The van der Waals surface area contributed by atoms with Crippen molar-refractivity contribution in [3.8, 4) is 5.75 Å². The third-order valence-electron chi connectivity index (χ3n) is 3.20. The predicted molar refractivity (Wildman–Crippen MR) is 85.9 cm³/mol.